The molecule has 0 aromatic carbocycles. The van der Waals surface area contributed by atoms with Gasteiger partial charge in [-0.05, 0) is 12.5 Å². The second kappa shape index (κ2) is 2.64. The second-order valence-electron chi connectivity index (χ2n) is 2.16. The number of halogens is 1. The molecule has 0 spiro atoms. The highest BCUT2D eigenvalue weighted by atomic mass is 19.1. The smallest absolute Gasteiger partial charge is 0.131 e. The molecule has 0 fully saturated rings. The van der Waals surface area contributed by atoms with Crippen molar-refractivity contribution in [3.05, 3.63) is 24.5 Å². The maximum Gasteiger partial charge on any atom is 0.131 e. The first kappa shape index (κ1) is 6.99. The van der Waals surface area contributed by atoms with Crippen molar-refractivity contribution < 1.29 is 4.39 Å². The summed E-state index contributed by atoms with van der Waals surface area (Å²) < 4.78 is 13.4. The summed E-state index contributed by atoms with van der Waals surface area (Å²) in [6.45, 7) is 4.83. The molecular weight excluding hydrogens is 131 g/mol. The zero-order chi connectivity index (χ0) is 7.56. The lowest BCUT2D eigenvalue weighted by Crippen LogP contribution is -1.96. The first-order chi connectivity index (χ1) is 4.74. The highest BCUT2D eigenvalue weighted by Crippen LogP contribution is 2.02. The van der Waals surface area contributed by atoms with Gasteiger partial charge in [0.1, 0.15) is 6.67 Å². The van der Waals surface area contributed by atoms with Gasteiger partial charge in [-0.25, -0.2) is 9.07 Å². The zero-order valence-electron chi connectivity index (χ0n) is 5.84. The fourth-order valence-electron chi connectivity index (χ4n) is 0.647. The van der Waals surface area contributed by atoms with E-state index < -0.39 is 6.67 Å². The third-order valence-corrected chi connectivity index (χ3v) is 1.19. The largest absolute Gasteiger partial charge is 0.244 e. The standard InChI is InChI=1S/C7H9FN2/c1-6-4-9-10(5-6)7(2)3-8/h4-5H,2-3H2,1H3. The molecule has 10 heavy (non-hydrogen) atoms. The van der Waals surface area contributed by atoms with Crippen LogP contribution in [0.25, 0.3) is 5.70 Å². The highest BCUT2D eigenvalue weighted by molar-refractivity contribution is 5.40. The van der Waals surface area contributed by atoms with Crippen LogP contribution in [0.3, 0.4) is 0 Å². The zero-order valence-corrected chi connectivity index (χ0v) is 5.84. The predicted octanol–water partition coefficient (Wildman–Crippen LogP) is 1.63. The average molecular weight is 140 g/mol. The fraction of sp³-hybridized carbons (Fsp3) is 0.286. The van der Waals surface area contributed by atoms with Crippen LogP contribution in [0, 0.1) is 6.92 Å². The fourth-order valence-corrected chi connectivity index (χ4v) is 0.647. The molecule has 0 unspecified atom stereocenters. The van der Waals surface area contributed by atoms with Crippen molar-refractivity contribution in [3.63, 3.8) is 0 Å². The molecule has 3 heteroatoms. The van der Waals surface area contributed by atoms with Crippen molar-refractivity contribution in [2.45, 2.75) is 6.92 Å². The summed E-state index contributed by atoms with van der Waals surface area (Å²) in [4.78, 5) is 0. The first-order valence-corrected chi connectivity index (χ1v) is 2.99. The van der Waals surface area contributed by atoms with Gasteiger partial charge in [0.15, 0.2) is 0 Å². The lowest BCUT2D eigenvalue weighted by molar-refractivity contribution is 0.553. The van der Waals surface area contributed by atoms with E-state index >= 15 is 0 Å². The van der Waals surface area contributed by atoms with E-state index in [0.717, 1.165) is 5.56 Å². The van der Waals surface area contributed by atoms with Gasteiger partial charge in [-0.15, -0.1) is 0 Å². The van der Waals surface area contributed by atoms with Crippen LogP contribution in [0.2, 0.25) is 0 Å². The Morgan fingerprint density at radius 3 is 3.00 bits per heavy atom. The lowest BCUT2D eigenvalue weighted by atomic mass is 10.4. The molecule has 0 bridgehead atoms. The van der Waals surface area contributed by atoms with Crippen molar-refractivity contribution >= 4 is 5.70 Å². The minimum Gasteiger partial charge on any atom is -0.244 e. The van der Waals surface area contributed by atoms with E-state index in [1.165, 1.54) is 4.68 Å². The molecule has 0 amide bonds. The Bertz CT molecular complexity index is 240. The minimum absolute atomic E-state index is 0.369. The Balaban J connectivity index is 2.85. The van der Waals surface area contributed by atoms with Gasteiger partial charge < -0.3 is 0 Å². The molecule has 54 valence electrons. The van der Waals surface area contributed by atoms with Crippen LogP contribution in [0.5, 0.6) is 0 Å². The van der Waals surface area contributed by atoms with Crippen molar-refractivity contribution in [2.75, 3.05) is 6.67 Å². The molecule has 1 aromatic rings. The van der Waals surface area contributed by atoms with Gasteiger partial charge in [0.25, 0.3) is 0 Å². The van der Waals surface area contributed by atoms with Gasteiger partial charge in [-0.3, -0.25) is 0 Å². The molecule has 0 atom stereocenters. The number of rotatable bonds is 2. The van der Waals surface area contributed by atoms with E-state index in [0.29, 0.717) is 5.70 Å². The summed E-state index contributed by atoms with van der Waals surface area (Å²) >= 11 is 0. The summed E-state index contributed by atoms with van der Waals surface area (Å²) in [5, 5.41) is 3.86. The Labute approximate surface area is 59.0 Å². The van der Waals surface area contributed by atoms with Crippen LogP contribution in [-0.2, 0) is 0 Å². The van der Waals surface area contributed by atoms with E-state index in [1.54, 1.807) is 12.4 Å². The Hall–Kier alpha value is -1.12. The molecule has 0 aliphatic carbocycles. The van der Waals surface area contributed by atoms with Crippen molar-refractivity contribution in [1.82, 2.24) is 9.78 Å². The maximum atomic E-state index is 11.9. The van der Waals surface area contributed by atoms with Crippen LogP contribution in [-0.4, -0.2) is 16.5 Å². The number of aryl methyl sites for hydroxylation is 1. The molecule has 0 aliphatic heterocycles. The molecule has 0 radical (unpaired) electrons. The molecule has 0 saturated carbocycles. The van der Waals surface area contributed by atoms with Gasteiger partial charge in [0, 0.05) is 6.20 Å². The van der Waals surface area contributed by atoms with E-state index in [2.05, 4.69) is 11.7 Å². The van der Waals surface area contributed by atoms with Crippen LogP contribution in [0.15, 0.2) is 19.0 Å². The van der Waals surface area contributed by atoms with E-state index in [1.807, 2.05) is 6.92 Å². The molecule has 0 saturated heterocycles. The third kappa shape index (κ3) is 1.23. The molecular formula is C7H9FN2. The molecule has 0 aliphatic rings. The van der Waals surface area contributed by atoms with Gasteiger partial charge in [0.05, 0.1) is 11.9 Å². The van der Waals surface area contributed by atoms with Crippen LogP contribution < -0.4 is 0 Å². The van der Waals surface area contributed by atoms with Crippen LogP contribution in [0.1, 0.15) is 5.56 Å². The van der Waals surface area contributed by atoms with E-state index in [9.17, 15) is 4.39 Å². The first-order valence-electron chi connectivity index (χ1n) is 2.99. The van der Waals surface area contributed by atoms with Crippen molar-refractivity contribution in [3.8, 4) is 0 Å². The van der Waals surface area contributed by atoms with E-state index in [-0.39, 0.29) is 0 Å². The number of allylic oxidation sites excluding steroid dienone is 1. The Morgan fingerprint density at radius 1 is 1.90 bits per heavy atom. The second-order valence-corrected chi connectivity index (χ2v) is 2.16. The molecule has 1 heterocycles. The number of aromatic nitrogens is 2. The summed E-state index contributed by atoms with van der Waals surface area (Å²) in [6, 6.07) is 0. The molecule has 1 rings (SSSR count). The predicted molar refractivity (Wildman–Crippen MR) is 38.3 cm³/mol. The lowest BCUT2D eigenvalue weighted by Gasteiger charge is -1.97. The molecule has 2 nitrogen and oxygen atoms in total. The minimum atomic E-state index is -0.554. The van der Waals surface area contributed by atoms with Gasteiger partial charge >= 0.3 is 0 Å². The average Bonchev–Trinajstić information content (AvgIpc) is 2.34. The van der Waals surface area contributed by atoms with Gasteiger partial charge in [-0.2, -0.15) is 5.10 Å². The maximum absolute atomic E-state index is 11.9. The van der Waals surface area contributed by atoms with Crippen molar-refractivity contribution in [1.29, 1.82) is 0 Å². The highest BCUT2D eigenvalue weighted by Gasteiger charge is 1.96. The van der Waals surface area contributed by atoms with Crippen molar-refractivity contribution in [2.24, 2.45) is 0 Å². The monoisotopic (exact) mass is 140 g/mol. The Morgan fingerprint density at radius 2 is 2.60 bits per heavy atom. The van der Waals surface area contributed by atoms with E-state index in [4.69, 9.17) is 0 Å². The third-order valence-electron chi connectivity index (χ3n) is 1.19. The SMILES string of the molecule is C=C(CF)n1cc(C)cn1. The number of nitrogens with zero attached hydrogens (tertiary/aromatic N) is 2. The summed E-state index contributed by atoms with van der Waals surface area (Å²) in [7, 11) is 0. The van der Waals surface area contributed by atoms with Crippen LogP contribution in [0.4, 0.5) is 4.39 Å². The normalized spacial score (nSPS) is 9.80. The van der Waals surface area contributed by atoms with Gasteiger partial charge in [-0.1, -0.05) is 6.58 Å². The molecule has 1 aromatic heterocycles. The summed E-state index contributed by atoms with van der Waals surface area (Å²) in [5.41, 5.74) is 1.38. The summed E-state index contributed by atoms with van der Waals surface area (Å²) in [5.74, 6) is 0. The quantitative estimate of drug-likeness (QED) is 0.610. The Kier molecular flexibility index (Phi) is 1.85. The topological polar surface area (TPSA) is 17.8 Å². The number of hydrogen-bond acceptors (Lipinski definition) is 1. The number of hydrogen-bond donors (Lipinski definition) is 0. The van der Waals surface area contributed by atoms with Crippen LogP contribution >= 0.6 is 0 Å². The summed E-state index contributed by atoms with van der Waals surface area (Å²) in [6.07, 6.45) is 3.41. The van der Waals surface area contributed by atoms with Gasteiger partial charge in [0.2, 0.25) is 0 Å². The number of alkyl halides is 1. The molecule has 0 N–H and O–H groups in total.